The highest BCUT2D eigenvalue weighted by molar-refractivity contribution is 7.99. The lowest BCUT2D eigenvalue weighted by molar-refractivity contribution is -0.0997. The van der Waals surface area contributed by atoms with Crippen LogP contribution in [0.15, 0.2) is 0 Å². The number of nitrogens with zero attached hydrogens (tertiary/aromatic N) is 1. The fraction of sp³-hybridized carbons (Fsp3) is 1.00. The van der Waals surface area contributed by atoms with Gasteiger partial charge in [0.2, 0.25) is 0 Å². The zero-order valence-electron chi connectivity index (χ0n) is 34.9. The molecule has 0 bridgehead atoms. The number of aliphatic hydroxyl groups is 2. The van der Waals surface area contributed by atoms with Crippen LogP contribution in [-0.4, -0.2) is 87.5 Å². The molecular weight excluding hydrogens is 671 g/mol. The van der Waals surface area contributed by atoms with E-state index in [1.807, 2.05) is 0 Å². The molecule has 0 amide bonds. The van der Waals surface area contributed by atoms with E-state index in [9.17, 15) is 10.2 Å². The predicted octanol–water partition coefficient (Wildman–Crippen LogP) is 12.4. The highest BCUT2D eigenvalue weighted by Gasteiger charge is 2.29. The van der Waals surface area contributed by atoms with Crippen molar-refractivity contribution < 1.29 is 23.8 Å². The van der Waals surface area contributed by atoms with Gasteiger partial charge in [0, 0.05) is 32.7 Å². The molecule has 2 N–H and O–H groups in total. The number of hydrogen-bond donors (Lipinski definition) is 2. The van der Waals surface area contributed by atoms with E-state index in [4.69, 9.17) is 13.6 Å². The Hall–Kier alpha value is 0.327. The third-order valence-electron chi connectivity index (χ3n) is 10.0. The fourth-order valence-electron chi connectivity index (χ4n) is 6.74. The van der Waals surface area contributed by atoms with Crippen LogP contribution in [0, 0.1) is 0 Å². The summed E-state index contributed by atoms with van der Waals surface area (Å²) in [6, 6.07) is 0. The van der Waals surface area contributed by atoms with Gasteiger partial charge in [0.25, 0.3) is 0 Å². The second-order valence-electron chi connectivity index (χ2n) is 15.5. The first-order valence-corrected chi connectivity index (χ1v) is 26.4. The third kappa shape index (κ3) is 39.8. The van der Waals surface area contributed by atoms with Gasteiger partial charge >= 0.3 is 8.56 Å². The minimum atomic E-state index is -2.29. The largest absolute Gasteiger partial charge is 0.395 e. The summed E-state index contributed by atoms with van der Waals surface area (Å²) in [7, 11) is -2.29. The third-order valence-corrected chi connectivity index (χ3v) is 12.8. The number of thioether (sulfide) groups is 1. The molecule has 0 fully saturated rings. The minimum Gasteiger partial charge on any atom is -0.395 e. The molecule has 0 saturated heterocycles. The molecule has 0 aliphatic rings. The second-order valence-corrected chi connectivity index (χ2v) is 20.1. The molecule has 0 radical (unpaired) electrons. The molecule has 51 heavy (non-hydrogen) atoms. The Morgan fingerprint density at radius 2 is 0.902 bits per heavy atom. The van der Waals surface area contributed by atoms with Crippen molar-refractivity contribution in [2.75, 3.05) is 57.6 Å². The van der Waals surface area contributed by atoms with Gasteiger partial charge in [-0.3, -0.25) is 4.90 Å². The number of unbranched alkanes of at least 4 members (excludes halogenated alkanes) is 25. The van der Waals surface area contributed by atoms with E-state index in [0.29, 0.717) is 13.1 Å². The van der Waals surface area contributed by atoms with Gasteiger partial charge in [0.1, 0.15) is 6.29 Å². The molecule has 0 aliphatic carbocycles. The standard InChI is InChI=1S/C43H91NO5SSi/c1-5-7-9-11-13-15-17-18-19-20-21-23-26-30-39-47-43(33-42-50-41-32-28-24-22-16-14-12-10-8-6-2)49-51(3,4)48-40-31-27-25-29-34-44(35-37-45)36-38-46/h43,45-46H,5-42H2,1-4H3. The molecule has 8 heteroatoms. The summed E-state index contributed by atoms with van der Waals surface area (Å²) < 4.78 is 19.4. The van der Waals surface area contributed by atoms with E-state index in [1.54, 1.807) is 0 Å². The van der Waals surface area contributed by atoms with Crippen LogP contribution in [0.3, 0.4) is 0 Å². The Bertz CT molecular complexity index is 656. The van der Waals surface area contributed by atoms with E-state index in [2.05, 4.69) is 43.6 Å². The molecule has 0 aromatic carbocycles. The van der Waals surface area contributed by atoms with Gasteiger partial charge < -0.3 is 23.8 Å². The normalized spacial score (nSPS) is 12.8. The van der Waals surface area contributed by atoms with Gasteiger partial charge in [0.15, 0.2) is 0 Å². The molecule has 6 nitrogen and oxygen atoms in total. The molecule has 0 aliphatic heterocycles. The SMILES string of the molecule is CCCCCCCCCCCCCCCCOC(CCSCCCCCCCCCCCC)O[Si](C)(C)OCCCCCCN(CCO)CCO. The molecule has 308 valence electrons. The lowest BCUT2D eigenvalue weighted by Crippen LogP contribution is -2.40. The van der Waals surface area contributed by atoms with Crippen molar-refractivity contribution in [3.8, 4) is 0 Å². The predicted molar refractivity (Wildman–Crippen MR) is 227 cm³/mol. The lowest BCUT2D eigenvalue weighted by Gasteiger charge is -2.29. The van der Waals surface area contributed by atoms with Crippen LogP contribution in [0.2, 0.25) is 13.1 Å². The van der Waals surface area contributed by atoms with Crippen molar-refractivity contribution in [2.24, 2.45) is 0 Å². The monoisotopic (exact) mass is 762 g/mol. The van der Waals surface area contributed by atoms with Crippen molar-refractivity contribution in [2.45, 2.75) is 219 Å². The van der Waals surface area contributed by atoms with Gasteiger partial charge in [0.05, 0.1) is 13.2 Å². The highest BCUT2D eigenvalue weighted by atomic mass is 32.2. The summed E-state index contributed by atoms with van der Waals surface area (Å²) in [6.45, 7) is 13.0. The number of aliphatic hydroxyl groups excluding tert-OH is 2. The average molecular weight is 762 g/mol. The molecule has 1 atom stereocenters. The van der Waals surface area contributed by atoms with Crippen molar-refractivity contribution in [1.82, 2.24) is 4.90 Å². The van der Waals surface area contributed by atoms with Crippen molar-refractivity contribution in [3.63, 3.8) is 0 Å². The number of rotatable bonds is 44. The van der Waals surface area contributed by atoms with Crippen molar-refractivity contribution in [3.05, 3.63) is 0 Å². The van der Waals surface area contributed by atoms with Crippen LogP contribution < -0.4 is 0 Å². The first-order valence-electron chi connectivity index (χ1n) is 22.4. The Labute approximate surface area is 325 Å². The molecular formula is C43H91NO5SSi. The first kappa shape index (κ1) is 51.3. The summed E-state index contributed by atoms with van der Waals surface area (Å²) in [5.74, 6) is 2.34. The van der Waals surface area contributed by atoms with Crippen molar-refractivity contribution >= 4 is 20.3 Å². The van der Waals surface area contributed by atoms with E-state index in [-0.39, 0.29) is 19.5 Å². The number of ether oxygens (including phenoxy) is 1. The van der Waals surface area contributed by atoms with Crippen LogP contribution in [-0.2, 0) is 13.6 Å². The fourth-order valence-corrected chi connectivity index (χ4v) is 9.23. The summed E-state index contributed by atoms with van der Waals surface area (Å²) in [4.78, 5) is 2.13. The summed E-state index contributed by atoms with van der Waals surface area (Å²) in [5.41, 5.74) is 0. The molecule has 0 spiro atoms. The molecule has 0 rings (SSSR count). The van der Waals surface area contributed by atoms with Crippen LogP contribution in [0.25, 0.3) is 0 Å². The second kappa shape index (κ2) is 41.5. The lowest BCUT2D eigenvalue weighted by atomic mass is 10.0. The van der Waals surface area contributed by atoms with Crippen LogP contribution in [0.1, 0.15) is 200 Å². The maximum Gasteiger partial charge on any atom is 0.333 e. The average Bonchev–Trinajstić information content (AvgIpc) is 3.11. The van der Waals surface area contributed by atoms with Gasteiger partial charge in [-0.25, -0.2) is 0 Å². The van der Waals surface area contributed by atoms with Crippen LogP contribution >= 0.6 is 11.8 Å². The van der Waals surface area contributed by atoms with Crippen molar-refractivity contribution in [1.29, 1.82) is 0 Å². The molecule has 0 aromatic rings. The van der Waals surface area contributed by atoms with Crippen LogP contribution in [0.4, 0.5) is 0 Å². The summed E-state index contributed by atoms with van der Waals surface area (Å²) >= 11 is 2.07. The zero-order valence-corrected chi connectivity index (χ0v) is 36.7. The minimum absolute atomic E-state index is 0.149. The maximum atomic E-state index is 9.21. The maximum absolute atomic E-state index is 9.21. The van der Waals surface area contributed by atoms with Gasteiger partial charge in [-0.2, -0.15) is 11.8 Å². The Morgan fingerprint density at radius 3 is 1.37 bits per heavy atom. The first-order chi connectivity index (χ1) is 25.0. The summed E-state index contributed by atoms with van der Waals surface area (Å²) in [5, 5.41) is 18.4. The van der Waals surface area contributed by atoms with E-state index < -0.39 is 8.56 Å². The molecule has 0 aromatic heterocycles. The quantitative estimate of drug-likeness (QED) is 0.0364. The Morgan fingerprint density at radius 1 is 0.490 bits per heavy atom. The smallest absolute Gasteiger partial charge is 0.333 e. The highest BCUT2D eigenvalue weighted by Crippen LogP contribution is 2.19. The van der Waals surface area contributed by atoms with E-state index >= 15 is 0 Å². The Balaban J connectivity index is 4.28. The van der Waals surface area contributed by atoms with E-state index in [0.717, 1.165) is 64.0 Å². The van der Waals surface area contributed by atoms with Gasteiger partial charge in [-0.05, 0) is 56.8 Å². The van der Waals surface area contributed by atoms with E-state index in [1.165, 1.54) is 153 Å². The Kier molecular flexibility index (Phi) is 41.8. The van der Waals surface area contributed by atoms with Crippen LogP contribution in [0.5, 0.6) is 0 Å². The molecule has 1 unspecified atom stereocenters. The number of hydrogen-bond acceptors (Lipinski definition) is 7. The topological polar surface area (TPSA) is 71.4 Å². The van der Waals surface area contributed by atoms with Gasteiger partial charge in [-0.1, -0.05) is 168 Å². The summed E-state index contributed by atoms with van der Waals surface area (Å²) in [6.07, 6.45) is 38.3. The zero-order chi connectivity index (χ0) is 37.4. The van der Waals surface area contributed by atoms with Gasteiger partial charge in [-0.15, -0.1) is 0 Å². The molecule has 0 heterocycles. The molecule has 0 saturated carbocycles.